The van der Waals surface area contributed by atoms with Gasteiger partial charge in [-0.05, 0) is 77.0 Å². The number of rotatable bonds is 9. The number of hydrogen-bond donors (Lipinski definition) is 0. The highest BCUT2D eigenvalue weighted by Crippen LogP contribution is 2.18. The minimum atomic E-state index is 0.676. The van der Waals surface area contributed by atoms with Gasteiger partial charge < -0.3 is 4.74 Å². The standard InChI is InChI=1S/C19H28OS/c1-16(2)8-5-9-17(3)10-6-11-18(4)13-14-20-19-12-7-15-21-19/h7-8,10,12-13,15H,5-6,9,11,14H2,1-4H3. The monoisotopic (exact) mass is 304 g/mol. The van der Waals surface area contributed by atoms with Crippen molar-refractivity contribution in [1.82, 2.24) is 0 Å². The van der Waals surface area contributed by atoms with E-state index in [2.05, 4.69) is 45.9 Å². The van der Waals surface area contributed by atoms with E-state index in [0.717, 1.165) is 24.3 Å². The van der Waals surface area contributed by atoms with E-state index in [0.29, 0.717) is 6.61 Å². The van der Waals surface area contributed by atoms with Crippen LogP contribution in [0, 0.1) is 0 Å². The molecule has 0 N–H and O–H groups in total. The Morgan fingerprint density at radius 3 is 2.29 bits per heavy atom. The minimum absolute atomic E-state index is 0.676. The highest BCUT2D eigenvalue weighted by atomic mass is 32.1. The fourth-order valence-electron chi connectivity index (χ4n) is 1.95. The van der Waals surface area contributed by atoms with Gasteiger partial charge in [-0.3, -0.25) is 0 Å². The molecule has 1 rings (SSSR count). The minimum Gasteiger partial charge on any atom is -0.480 e. The molecule has 0 fully saturated rings. The summed E-state index contributed by atoms with van der Waals surface area (Å²) in [7, 11) is 0. The number of hydrogen-bond acceptors (Lipinski definition) is 2. The van der Waals surface area contributed by atoms with Gasteiger partial charge in [0, 0.05) is 0 Å². The summed E-state index contributed by atoms with van der Waals surface area (Å²) in [5, 5.41) is 3.03. The second-order valence-electron chi connectivity index (χ2n) is 5.70. The molecule has 0 aliphatic rings. The van der Waals surface area contributed by atoms with Crippen molar-refractivity contribution < 1.29 is 4.74 Å². The van der Waals surface area contributed by atoms with Gasteiger partial charge in [0.25, 0.3) is 0 Å². The molecular weight excluding hydrogens is 276 g/mol. The van der Waals surface area contributed by atoms with Gasteiger partial charge in [0.2, 0.25) is 0 Å². The second-order valence-corrected chi connectivity index (χ2v) is 6.61. The fourth-order valence-corrected chi connectivity index (χ4v) is 2.54. The van der Waals surface area contributed by atoms with Crippen LogP contribution in [0.4, 0.5) is 0 Å². The average Bonchev–Trinajstić information content (AvgIpc) is 2.91. The Labute approximate surface area is 134 Å². The molecule has 0 aromatic carbocycles. The molecule has 21 heavy (non-hydrogen) atoms. The first-order chi connectivity index (χ1) is 10.1. The third-order valence-corrected chi connectivity index (χ3v) is 4.05. The normalized spacial score (nSPS) is 12.4. The van der Waals surface area contributed by atoms with Crippen LogP contribution in [0.3, 0.4) is 0 Å². The maximum absolute atomic E-state index is 5.64. The van der Waals surface area contributed by atoms with Gasteiger partial charge in [-0.15, -0.1) is 11.3 Å². The van der Waals surface area contributed by atoms with Crippen molar-refractivity contribution in [3.63, 3.8) is 0 Å². The number of ether oxygens (including phenoxy) is 1. The predicted octanol–water partition coefficient (Wildman–Crippen LogP) is 6.55. The molecule has 0 saturated heterocycles. The predicted molar refractivity (Wildman–Crippen MR) is 95.2 cm³/mol. The van der Waals surface area contributed by atoms with E-state index < -0.39 is 0 Å². The second kappa shape index (κ2) is 10.4. The molecule has 0 spiro atoms. The van der Waals surface area contributed by atoms with Gasteiger partial charge in [-0.25, -0.2) is 0 Å². The first kappa shape index (κ1) is 17.8. The summed E-state index contributed by atoms with van der Waals surface area (Å²) in [6, 6.07) is 4.02. The molecule has 1 aromatic rings. The third-order valence-electron chi connectivity index (χ3n) is 3.28. The molecule has 0 radical (unpaired) electrons. The molecular formula is C19H28OS. The van der Waals surface area contributed by atoms with Gasteiger partial charge in [-0.2, -0.15) is 0 Å². The first-order valence-electron chi connectivity index (χ1n) is 7.69. The van der Waals surface area contributed by atoms with Gasteiger partial charge >= 0.3 is 0 Å². The van der Waals surface area contributed by atoms with Crippen LogP contribution < -0.4 is 4.74 Å². The van der Waals surface area contributed by atoms with Crippen molar-refractivity contribution in [1.29, 1.82) is 0 Å². The Balaban J connectivity index is 2.19. The van der Waals surface area contributed by atoms with Gasteiger partial charge in [0.1, 0.15) is 6.61 Å². The van der Waals surface area contributed by atoms with Crippen molar-refractivity contribution in [2.75, 3.05) is 6.61 Å². The Hall–Kier alpha value is -1.28. The maximum Gasteiger partial charge on any atom is 0.174 e. The highest BCUT2D eigenvalue weighted by Gasteiger charge is 1.94. The summed E-state index contributed by atoms with van der Waals surface area (Å²) in [4.78, 5) is 0. The van der Waals surface area contributed by atoms with Crippen molar-refractivity contribution in [3.05, 3.63) is 52.5 Å². The van der Waals surface area contributed by atoms with Gasteiger partial charge in [0.15, 0.2) is 5.06 Å². The Kier molecular flexibility index (Phi) is 8.84. The zero-order valence-electron chi connectivity index (χ0n) is 13.8. The maximum atomic E-state index is 5.64. The summed E-state index contributed by atoms with van der Waals surface area (Å²) in [6.45, 7) is 9.41. The van der Waals surface area contributed by atoms with Crippen LogP contribution in [0.15, 0.2) is 52.5 Å². The molecule has 0 saturated carbocycles. The van der Waals surface area contributed by atoms with Crippen molar-refractivity contribution >= 4 is 11.3 Å². The lowest BCUT2D eigenvalue weighted by Crippen LogP contribution is -1.92. The summed E-state index contributed by atoms with van der Waals surface area (Å²) in [5.74, 6) is 0. The van der Waals surface area contributed by atoms with Crippen LogP contribution in [-0.4, -0.2) is 6.61 Å². The summed E-state index contributed by atoms with van der Waals surface area (Å²) >= 11 is 1.64. The SMILES string of the molecule is CC(C)=CCCC(C)=CCCC(C)=CCOc1cccs1. The van der Waals surface area contributed by atoms with Crippen LogP contribution in [0.25, 0.3) is 0 Å². The number of allylic oxidation sites excluding steroid dienone is 5. The summed E-state index contributed by atoms with van der Waals surface area (Å²) in [5.41, 5.74) is 4.31. The topological polar surface area (TPSA) is 9.23 Å². The fraction of sp³-hybridized carbons (Fsp3) is 0.474. The van der Waals surface area contributed by atoms with E-state index >= 15 is 0 Å². The largest absolute Gasteiger partial charge is 0.480 e. The van der Waals surface area contributed by atoms with E-state index in [1.807, 2.05) is 17.5 Å². The quantitative estimate of drug-likeness (QED) is 0.470. The van der Waals surface area contributed by atoms with Crippen LogP contribution >= 0.6 is 11.3 Å². The van der Waals surface area contributed by atoms with Crippen LogP contribution in [0.5, 0.6) is 5.06 Å². The number of thiophene rings is 1. The lowest BCUT2D eigenvalue weighted by molar-refractivity contribution is 0.372. The molecule has 0 aliphatic heterocycles. The van der Waals surface area contributed by atoms with Crippen molar-refractivity contribution in [2.24, 2.45) is 0 Å². The van der Waals surface area contributed by atoms with Crippen molar-refractivity contribution in [3.8, 4) is 5.06 Å². The van der Waals surface area contributed by atoms with E-state index in [9.17, 15) is 0 Å². The molecule has 0 amide bonds. The molecule has 1 aromatic heterocycles. The Morgan fingerprint density at radius 2 is 1.67 bits per heavy atom. The molecule has 0 atom stereocenters. The molecule has 2 heteroatoms. The summed E-state index contributed by atoms with van der Waals surface area (Å²) in [6.07, 6.45) is 11.5. The lowest BCUT2D eigenvalue weighted by atomic mass is 10.1. The van der Waals surface area contributed by atoms with Crippen LogP contribution in [0.2, 0.25) is 0 Å². The lowest BCUT2D eigenvalue weighted by Gasteiger charge is -2.02. The van der Waals surface area contributed by atoms with Gasteiger partial charge in [0.05, 0.1) is 0 Å². The molecule has 1 heterocycles. The Morgan fingerprint density at radius 1 is 1.00 bits per heavy atom. The molecule has 0 unspecified atom stereocenters. The van der Waals surface area contributed by atoms with E-state index in [1.54, 1.807) is 11.3 Å². The van der Waals surface area contributed by atoms with E-state index in [4.69, 9.17) is 4.74 Å². The zero-order chi connectivity index (χ0) is 15.5. The highest BCUT2D eigenvalue weighted by molar-refractivity contribution is 7.11. The van der Waals surface area contributed by atoms with Crippen LogP contribution in [0.1, 0.15) is 53.4 Å². The molecule has 0 bridgehead atoms. The first-order valence-corrected chi connectivity index (χ1v) is 8.57. The van der Waals surface area contributed by atoms with Gasteiger partial charge in [-0.1, -0.05) is 28.9 Å². The van der Waals surface area contributed by atoms with E-state index in [-0.39, 0.29) is 0 Å². The molecule has 116 valence electrons. The average molecular weight is 304 g/mol. The summed E-state index contributed by atoms with van der Waals surface area (Å²) < 4.78 is 5.64. The van der Waals surface area contributed by atoms with Crippen molar-refractivity contribution in [2.45, 2.75) is 53.4 Å². The molecule has 0 aliphatic carbocycles. The zero-order valence-corrected chi connectivity index (χ0v) is 14.6. The van der Waals surface area contributed by atoms with E-state index in [1.165, 1.54) is 23.1 Å². The smallest absolute Gasteiger partial charge is 0.174 e. The third kappa shape index (κ3) is 9.30. The Bertz CT molecular complexity index is 474. The van der Waals surface area contributed by atoms with Crippen LogP contribution in [-0.2, 0) is 0 Å². The molecule has 1 nitrogen and oxygen atoms in total.